The van der Waals surface area contributed by atoms with Crippen molar-refractivity contribution in [2.45, 2.75) is 6.92 Å². The molecule has 0 N–H and O–H groups in total. The SMILES string of the molecule is Cc1cc(-c2ccccc2F)ncc1Br. The van der Waals surface area contributed by atoms with Crippen molar-refractivity contribution in [2.24, 2.45) is 0 Å². The number of aromatic nitrogens is 1. The molecule has 76 valence electrons. The molecule has 0 aliphatic carbocycles. The van der Waals surface area contributed by atoms with Gasteiger partial charge in [-0.15, -0.1) is 0 Å². The lowest BCUT2D eigenvalue weighted by atomic mass is 10.1. The van der Waals surface area contributed by atoms with E-state index in [0.29, 0.717) is 11.3 Å². The molecule has 1 aromatic carbocycles. The van der Waals surface area contributed by atoms with Gasteiger partial charge in [0.05, 0.1) is 5.69 Å². The van der Waals surface area contributed by atoms with Crippen LogP contribution in [0.1, 0.15) is 5.56 Å². The molecule has 3 heteroatoms. The highest BCUT2D eigenvalue weighted by molar-refractivity contribution is 9.10. The molecular formula is C12H9BrFN. The molecule has 0 spiro atoms. The van der Waals surface area contributed by atoms with E-state index in [9.17, 15) is 4.39 Å². The van der Waals surface area contributed by atoms with Gasteiger partial charge in [-0.2, -0.15) is 0 Å². The Balaban J connectivity index is 2.55. The molecule has 0 aliphatic heterocycles. The molecule has 0 aliphatic rings. The van der Waals surface area contributed by atoms with Gasteiger partial charge in [-0.05, 0) is 46.6 Å². The summed E-state index contributed by atoms with van der Waals surface area (Å²) in [5, 5.41) is 0. The summed E-state index contributed by atoms with van der Waals surface area (Å²) in [6.07, 6.45) is 1.69. The number of rotatable bonds is 1. The van der Waals surface area contributed by atoms with E-state index in [-0.39, 0.29) is 5.82 Å². The van der Waals surface area contributed by atoms with E-state index in [1.54, 1.807) is 24.4 Å². The molecule has 0 fully saturated rings. The number of benzene rings is 1. The molecule has 0 bridgehead atoms. The zero-order valence-corrected chi connectivity index (χ0v) is 9.75. The van der Waals surface area contributed by atoms with Crippen molar-refractivity contribution in [3.63, 3.8) is 0 Å². The van der Waals surface area contributed by atoms with Crippen LogP contribution in [0.3, 0.4) is 0 Å². The molecule has 2 aromatic rings. The fraction of sp³-hybridized carbons (Fsp3) is 0.0833. The summed E-state index contributed by atoms with van der Waals surface area (Å²) >= 11 is 3.36. The fourth-order valence-electron chi connectivity index (χ4n) is 1.36. The standard InChI is InChI=1S/C12H9BrFN/c1-8-6-12(15-7-10(8)13)9-4-2-3-5-11(9)14/h2-7H,1H3. The lowest BCUT2D eigenvalue weighted by Gasteiger charge is -2.04. The highest BCUT2D eigenvalue weighted by Gasteiger charge is 2.06. The Morgan fingerprint density at radius 1 is 1.27 bits per heavy atom. The molecule has 0 saturated heterocycles. The highest BCUT2D eigenvalue weighted by Crippen LogP contribution is 2.24. The molecule has 1 aromatic heterocycles. The normalized spacial score (nSPS) is 10.3. The van der Waals surface area contributed by atoms with Gasteiger partial charge in [0.2, 0.25) is 0 Å². The summed E-state index contributed by atoms with van der Waals surface area (Å²) in [6, 6.07) is 8.50. The van der Waals surface area contributed by atoms with Gasteiger partial charge in [0, 0.05) is 16.2 Å². The van der Waals surface area contributed by atoms with Crippen LogP contribution in [0.5, 0.6) is 0 Å². The first-order chi connectivity index (χ1) is 7.18. The molecule has 0 atom stereocenters. The molecular weight excluding hydrogens is 257 g/mol. The maximum Gasteiger partial charge on any atom is 0.132 e. The predicted molar refractivity (Wildman–Crippen MR) is 62.1 cm³/mol. The third kappa shape index (κ3) is 2.07. The molecule has 0 saturated carbocycles. The van der Waals surface area contributed by atoms with Crippen LogP contribution >= 0.6 is 15.9 Å². The quantitative estimate of drug-likeness (QED) is 0.761. The number of hydrogen-bond donors (Lipinski definition) is 0. The minimum atomic E-state index is -0.244. The average molecular weight is 266 g/mol. The van der Waals surface area contributed by atoms with Gasteiger partial charge in [-0.3, -0.25) is 4.98 Å². The minimum absolute atomic E-state index is 0.244. The third-order valence-corrected chi connectivity index (χ3v) is 3.03. The van der Waals surface area contributed by atoms with Crippen LogP contribution in [-0.4, -0.2) is 4.98 Å². The van der Waals surface area contributed by atoms with Crippen LogP contribution in [0.15, 0.2) is 41.0 Å². The van der Waals surface area contributed by atoms with Crippen molar-refractivity contribution in [3.8, 4) is 11.3 Å². The fourth-order valence-corrected chi connectivity index (χ4v) is 1.57. The highest BCUT2D eigenvalue weighted by atomic mass is 79.9. The van der Waals surface area contributed by atoms with Crippen LogP contribution in [0, 0.1) is 12.7 Å². The number of halogens is 2. The lowest BCUT2D eigenvalue weighted by Crippen LogP contribution is -1.89. The van der Waals surface area contributed by atoms with Crippen molar-refractivity contribution in [1.82, 2.24) is 4.98 Å². The van der Waals surface area contributed by atoms with Crippen LogP contribution < -0.4 is 0 Å². The summed E-state index contributed by atoms with van der Waals surface area (Å²) in [5.41, 5.74) is 2.24. The van der Waals surface area contributed by atoms with Gasteiger partial charge in [0.1, 0.15) is 5.82 Å². The van der Waals surface area contributed by atoms with Crippen molar-refractivity contribution in [2.75, 3.05) is 0 Å². The van der Waals surface area contributed by atoms with Gasteiger partial charge in [0.15, 0.2) is 0 Å². The average Bonchev–Trinajstić information content (AvgIpc) is 2.23. The summed E-state index contributed by atoms with van der Waals surface area (Å²) < 4.78 is 14.4. The number of pyridine rings is 1. The van der Waals surface area contributed by atoms with E-state index in [1.165, 1.54) is 6.07 Å². The van der Waals surface area contributed by atoms with Gasteiger partial charge >= 0.3 is 0 Å². The molecule has 0 radical (unpaired) electrons. The Labute approximate surface area is 96.1 Å². The van der Waals surface area contributed by atoms with Crippen LogP contribution in [0.2, 0.25) is 0 Å². The smallest absolute Gasteiger partial charge is 0.132 e. The van der Waals surface area contributed by atoms with Crippen molar-refractivity contribution in [3.05, 3.63) is 52.4 Å². The van der Waals surface area contributed by atoms with Crippen molar-refractivity contribution < 1.29 is 4.39 Å². The maximum absolute atomic E-state index is 13.5. The van der Waals surface area contributed by atoms with E-state index in [1.807, 2.05) is 13.0 Å². The molecule has 0 unspecified atom stereocenters. The van der Waals surface area contributed by atoms with E-state index < -0.39 is 0 Å². The van der Waals surface area contributed by atoms with Gasteiger partial charge in [-0.25, -0.2) is 4.39 Å². The zero-order chi connectivity index (χ0) is 10.8. The molecule has 0 amide bonds. The van der Waals surface area contributed by atoms with Gasteiger partial charge in [0.25, 0.3) is 0 Å². The molecule has 1 nitrogen and oxygen atoms in total. The number of nitrogens with zero attached hydrogens (tertiary/aromatic N) is 1. The van der Waals surface area contributed by atoms with E-state index >= 15 is 0 Å². The Hall–Kier alpha value is -1.22. The second-order valence-electron chi connectivity index (χ2n) is 3.30. The zero-order valence-electron chi connectivity index (χ0n) is 8.17. The summed E-state index contributed by atoms with van der Waals surface area (Å²) in [5.74, 6) is -0.244. The first kappa shape index (κ1) is 10.3. The van der Waals surface area contributed by atoms with Crippen LogP contribution in [0.25, 0.3) is 11.3 Å². The summed E-state index contributed by atoms with van der Waals surface area (Å²) in [4.78, 5) is 4.18. The lowest BCUT2D eigenvalue weighted by molar-refractivity contribution is 0.630. The first-order valence-corrected chi connectivity index (χ1v) is 5.35. The first-order valence-electron chi connectivity index (χ1n) is 4.55. The van der Waals surface area contributed by atoms with Crippen LogP contribution in [-0.2, 0) is 0 Å². The van der Waals surface area contributed by atoms with Gasteiger partial charge in [-0.1, -0.05) is 12.1 Å². The second kappa shape index (κ2) is 4.11. The third-order valence-electron chi connectivity index (χ3n) is 2.20. The largest absolute Gasteiger partial charge is 0.255 e. The van der Waals surface area contributed by atoms with Crippen molar-refractivity contribution >= 4 is 15.9 Å². The van der Waals surface area contributed by atoms with Crippen molar-refractivity contribution in [1.29, 1.82) is 0 Å². The molecule has 15 heavy (non-hydrogen) atoms. The second-order valence-corrected chi connectivity index (χ2v) is 4.15. The van der Waals surface area contributed by atoms with E-state index in [4.69, 9.17) is 0 Å². The molecule has 1 heterocycles. The Morgan fingerprint density at radius 3 is 2.67 bits per heavy atom. The number of hydrogen-bond acceptors (Lipinski definition) is 1. The monoisotopic (exact) mass is 265 g/mol. The van der Waals surface area contributed by atoms with E-state index in [0.717, 1.165) is 10.0 Å². The Bertz CT molecular complexity index is 497. The van der Waals surface area contributed by atoms with Crippen LogP contribution in [0.4, 0.5) is 4.39 Å². The Morgan fingerprint density at radius 2 is 2.00 bits per heavy atom. The Kier molecular flexibility index (Phi) is 2.82. The summed E-state index contributed by atoms with van der Waals surface area (Å²) in [7, 11) is 0. The minimum Gasteiger partial charge on any atom is -0.255 e. The summed E-state index contributed by atoms with van der Waals surface area (Å²) in [6.45, 7) is 1.95. The predicted octanol–water partition coefficient (Wildman–Crippen LogP) is 3.96. The van der Waals surface area contributed by atoms with Gasteiger partial charge < -0.3 is 0 Å². The number of aryl methyl sites for hydroxylation is 1. The molecule has 2 rings (SSSR count). The maximum atomic E-state index is 13.5. The van der Waals surface area contributed by atoms with E-state index in [2.05, 4.69) is 20.9 Å². The topological polar surface area (TPSA) is 12.9 Å².